The molecule has 0 radical (unpaired) electrons. The Labute approximate surface area is 197 Å². The van der Waals surface area contributed by atoms with Gasteiger partial charge in [-0.1, -0.05) is 37.3 Å². The van der Waals surface area contributed by atoms with Crippen molar-refractivity contribution in [3.05, 3.63) is 54.6 Å². The van der Waals surface area contributed by atoms with Crippen molar-refractivity contribution in [1.82, 2.24) is 15.2 Å². The first-order chi connectivity index (χ1) is 16.2. The summed E-state index contributed by atoms with van der Waals surface area (Å²) in [5.74, 6) is 1.08. The largest absolute Gasteiger partial charge is 0.371 e. The molecule has 2 saturated heterocycles. The molecule has 2 N–H and O–H groups in total. The molecule has 0 saturated carbocycles. The van der Waals surface area contributed by atoms with E-state index < -0.39 is 0 Å². The molecule has 0 atom stereocenters. The summed E-state index contributed by atoms with van der Waals surface area (Å²) in [5, 5.41) is 4.89. The minimum Gasteiger partial charge on any atom is -0.371 e. The SMILES string of the molecule is CC1CCN(C(=O)CCNC2CCN(c3cccc(-c4cc5ccccc5[nH]4)c3)CC2)CC1. The molecule has 5 rings (SSSR count). The summed E-state index contributed by atoms with van der Waals surface area (Å²) in [6.07, 6.45) is 5.16. The zero-order chi connectivity index (χ0) is 22.6. The molecule has 3 heterocycles. The van der Waals surface area contributed by atoms with E-state index >= 15 is 0 Å². The number of anilines is 1. The number of hydrogen-bond donors (Lipinski definition) is 2. The number of fused-ring (bicyclic) bond motifs is 1. The molecule has 5 nitrogen and oxygen atoms in total. The molecule has 2 aliphatic rings. The number of nitrogens with one attached hydrogen (secondary N) is 2. The van der Waals surface area contributed by atoms with Gasteiger partial charge in [0.15, 0.2) is 0 Å². The highest BCUT2D eigenvalue weighted by atomic mass is 16.2. The van der Waals surface area contributed by atoms with Crippen LogP contribution in [0.4, 0.5) is 5.69 Å². The molecule has 5 heteroatoms. The van der Waals surface area contributed by atoms with Crippen molar-refractivity contribution in [3.63, 3.8) is 0 Å². The first-order valence-corrected chi connectivity index (χ1v) is 12.6. The number of piperidine rings is 2. The van der Waals surface area contributed by atoms with E-state index in [4.69, 9.17) is 0 Å². The van der Waals surface area contributed by atoms with Gasteiger partial charge in [0.25, 0.3) is 0 Å². The number of carbonyl (C=O) groups excluding carboxylic acids is 1. The number of likely N-dealkylation sites (tertiary alicyclic amines) is 1. The summed E-state index contributed by atoms with van der Waals surface area (Å²) >= 11 is 0. The number of benzene rings is 2. The van der Waals surface area contributed by atoms with Crippen molar-refractivity contribution in [1.29, 1.82) is 0 Å². The predicted molar refractivity (Wildman–Crippen MR) is 137 cm³/mol. The first-order valence-electron chi connectivity index (χ1n) is 12.6. The highest BCUT2D eigenvalue weighted by Crippen LogP contribution is 2.28. The van der Waals surface area contributed by atoms with Gasteiger partial charge in [0.1, 0.15) is 0 Å². The van der Waals surface area contributed by atoms with Crippen molar-refractivity contribution >= 4 is 22.5 Å². The Hall–Kier alpha value is -2.79. The lowest BCUT2D eigenvalue weighted by Crippen LogP contribution is -2.44. The molecule has 33 heavy (non-hydrogen) atoms. The second-order valence-electron chi connectivity index (χ2n) is 9.85. The van der Waals surface area contributed by atoms with Crippen LogP contribution in [0.1, 0.15) is 39.0 Å². The Balaban J connectivity index is 1.11. The van der Waals surface area contributed by atoms with Crippen molar-refractivity contribution in [2.24, 2.45) is 5.92 Å². The highest BCUT2D eigenvalue weighted by molar-refractivity contribution is 5.86. The van der Waals surface area contributed by atoms with Crippen LogP contribution in [0.2, 0.25) is 0 Å². The number of nitrogens with zero attached hydrogens (tertiary/aromatic N) is 2. The number of amides is 1. The number of aromatic amines is 1. The maximum Gasteiger partial charge on any atom is 0.223 e. The summed E-state index contributed by atoms with van der Waals surface area (Å²) < 4.78 is 0. The Kier molecular flexibility index (Phi) is 6.68. The van der Waals surface area contributed by atoms with Crippen molar-refractivity contribution in [3.8, 4) is 11.3 Å². The molecule has 174 valence electrons. The maximum absolute atomic E-state index is 12.5. The van der Waals surface area contributed by atoms with Crippen LogP contribution >= 0.6 is 0 Å². The summed E-state index contributed by atoms with van der Waals surface area (Å²) in [4.78, 5) is 20.6. The van der Waals surface area contributed by atoms with Crippen LogP contribution in [-0.2, 0) is 4.79 Å². The van der Waals surface area contributed by atoms with Gasteiger partial charge in [-0.25, -0.2) is 0 Å². The second kappa shape index (κ2) is 10.0. The van der Waals surface area contributed by atoms with Crippen LogP contribution in [0, 0.1) is 5.92 Å². The van der Waals surface area contributed by atoms with Gasteiger partial charge in [-0.05, 0) is 61.4 Å². The van der Waals surface area contributed by atoms with Gasteiger partial charge in [-0.3, -0.25) is 4.79 Å². The normalized spacial score (nSPS) is 18.2. The number of hydrogen-bond acceptors (Lipinski definition) is 3. The standard InChI is InChI=1S/C28H36N4O/c1-21-10-15-32(16-11-21)28(33)9-14-29-24-12-17-31(18-13-24)25-7-4-6-22(19-25)27-20-23-5-2-3-8-26(23)30-27/h2-8,19-21,24,29-30H,9-18H2,1H3. The van der Waals surface area contributed by atoms with Crippen LogP contribution in [0.25, 0.3) is 22.2 Å². The van der Waals surface area contributed by atoms with Crippen LogP contribution < -0.4 is 10.2 Å². The summed E-state index contributed by atoms with van der Waals surface area (Å²) in [5.41, 5.74) is 4.87. The van der Waals surface area contributed by atoms with Crippen molar-refractivity contribution in [2.45, 2.75) is 45.1 Å². The van der Waals surface area contributed by atoms with Crippen LogP contribution in [0.5, 0.6) is 0 Å². The molecular formula is C28H36N4O. The number of para-hydroxylation sites is 1. The monoisotopic (exact) mass is 444 g/mol. The molecule has 0 bridgehead atoms. The van der Waals surface area contributed by atoms with E-state index in [0.29, 0.717) is 18.4 Å². The molecule has 1 amide bonds. The lowest BCUT2D eigenvalue weighted by Gasteiger charge is -2.34. The van der Waals surface area contributed by atoms with Gasteiger partial charge in [-0.2, -0.15) is 0 Å². The summed E-state index contributed by atoms with van der Waals surface area (Å²) in [6, 6.07) is 20.0. The molecule has 2 aromatic carbocycles. The van der Waals surface area contributed by atoms with E-state index in [1.807, 2.05) is 0 Å². The number of rotatable bonds is 6. The molecule has 3 aromatic rings. The molecule has 2 fully saturated rings. The third kappa shape index (κ3) is 5.25. The fourth-order valence-corrected chi connectivity index (χ4v) is 5.24. The third-order valence-electron chi connectivity index (χ3n) is 7.46. The number of carbonyl (C=O) groups is 1. The molecule has 2 aliphatic heterocycles. The topological polar surface area (TPSA) is 51.4 Å². The quantitative estimate of drug-likeness (QED) is 0.560. The molecular weight excluding hydrogens is 408 g/mol. The van der Waals surface area contributed by atoms with Gasteiger partial charge in [0.05, 0.1) is 0 Å². The van der Waals surface area contributed by atoms with E-state index in [0.717, 1.165) is 64.3 Å². The Morgan fingerprint density at radius 2 is 1.76 bits per heavy atom. The zero-order valence-corrected chi connectivity index (χ0v) is 19.7. The average Bonchev–Trinajstić information content (AvgIpc) is 3.29. The summed E-state index contributed by atoms with van der Waals surface area (Å²) in [7, 11) is 0. The van der Waals surface area contributed by atoms with Crippen molar-refractivity contribution in [2.75, 3.05) is 37.6 Å². The molecule has 0 aliphatic carbocycles. The smallest absolute Gasteiger partial charge is 0.223 e. The van der Waals surface area contributed by atoms with Gasteiger partial charge in [0, 0.05) is 67.5 Å². The lowest BCUT2D eigenvalue weighted by atomic mass is 9.99. The minimum atomic E-state index is 0.320. The van der Waals surface area contributed by atoms with Crippen LogP contribution in [0.15, 0.2) is 54.6 Å². The lowest BCUT2D eigenvalue weighted by molar-refractivity contribution is -0.132. The fraction of sp³-hybridized carbons (Fsp3) is 0.464. The van der Waals surface area contributed by atoms with Gasteiger partial charge < -0.3 is 20.1 Å². The third-order valence-corrected chi connectivity index (χ3v) is 7.46. The van der Waals surface area contributed by atoms with Crippen LogP contribution in [-0.4, -0.2) is 54.6 Å². The van der Waals surface area contributed by atoms with Gasteiger partial charge in [-0.15, -0.1) is 0 Å². The molecule has 1 aromatic heterocycles. The second-order valence-corrected chi connectivity index (χ2v) is 9.85. The van der Waals surface area contributed by atoms with Crippen molar-refractivity contribution < 1.29 is 4.79 Å². The Bertz CT molecular complexity index is 1040. The van der Waals surface area contributed by atoms with Gasteiger partial charge in [0.2, 0.25) is 5.91 Å². The van der Waals surface area contributed by atoms with E-state index in [1.165, 1.54) is 27.8 Å². The number of H-pyrrole nitrogens is 1. The fourth-order valence-electron chi connectivity index (χ4n) is 5.24. The zero-order valence-electron chi connectivity index (χ0n) is 19.7. The first kappa shape index (κ1) is 22.0. The van der Waals surface area contributed by atoms with E-state index in [1.54, 1.807) is 0 Å². The Morgan fingerprint density at radius 3 is 2.55 bits per heavy atom. The average molecular weight is 445 g/mol. The van der Waals surface area contributed by atoms with Gasteiger partial charge >= 0.3 is 0 Å². The number of aromatic nitrogens is 1. The van der Waals surface area contributed by atoms with E-state index in [9.17, 15) is 4.79 Å². The summed E-state index contributed by atoms with van der Waals surface area (Å²) in [6.45, 7) is 7.06. The molecule has 0 unspecified atom stereocenters. The predicted octanol–water partition coefficient (Wildman–Crippen LogP) is 5.04. The minimum absolute atomic E-state index is 0.320. The van der Waals surface area contributed by atoms with Crippen LogP contribution in [0.3, 0.4) is 0 Å². The highest BCUT2D eigenvalue weighted by Gasteiger charge is 2.22. The van der Waals surface area contributed by atoms with E-state index in [-0.39, 0.29) is 0 Å². The van der Waals surface area contributed by atoms with E-state index in [2.05, 4.69) is 81.6 Å². The molecule has 0 spiro atoms. The Morgan fingerprint density at radius 1 is 0.970 bits per heavy atom. The maximum atomic E-state index is 12.5.